The molecular weight excluding hydrogens is 2260 g/mol. The van der Waals surface area contributed by atoms with E-state index in [4.69, 9.17) is 122 Å². The van der Waals surface area contributed by atoms with Crippen molar-refractivity contribution in [3.63, 3.8) is 0 Å². The molecule has 8 aromatic rings. The maximum Gasteiger partial charge on any atom is 0.495 e. The lowest BCUT2D eigenvalue weighted by atomic mass is 9.78. The standard InChI is InChI=1S/2C13H18BBrO4.2C13H18BClO4.2C12H16BBrO4.2C12H16BClO4/c4*1-4-9-11-8(15)5-6-10(12(11)14(17)19-9)18-7-13(2,3)16;4*1-3-9-11-8(14)4-5-10(17-6-7(2)15)12(11)13(16)18-9/h4*5-6,9,16-17H,4,7H2,1-3H3;4*4-5,7,9,15-16H,3,6H2,1-2H3/t9-;;9-;;7?,9-;;7?,9-;/m1.1.1.1./s1. The fraction of sp³-hybridized carbons (Fsp3) is 0.520. The van der Waals surface area contributed by atoms with Gasteiger partial charge in [-0.1, -0.05) is 166 Å². The van der Waals surface area contributed by atoms with Crippen LogP contribution in [0.25, 0.3) is 0 Å². The van der Waals surface area contributed by atoms with Gasteiger partial charge in [0.25, 0.3) is 0 Å². The van der Waals surface area contributed by atoms with Gasteiger partial charge in [-0.25, -0.2) is 0 Å². The molecule has 0 saturated carbocycles. The number of fused-ring (bicyclic) bond motifs is 8. The van der Waals surface area contributed by atoms with E-state index >= 15 is 0 Å². The molecule has 8 aliphatic heterocycles. The van der Waals surface area contributed by atoms with Gasteiger partial charge in [0.15, 0.2) is 0 Å². The fourth-order valence-electron chi connectivity index (χ4n) is 17.0. The highest BCUT2D eigenvalue weighted by Gasteiger charge is 2.48. The number of rotatable bonds is 32. The van der Waals surface area contributed by atoms with Crippen molar-refractivity contribution in [3.8, 4) is 46.0 Å². The Labute approximate surface area is 923 Å². The lowest BCUT2D eigenvalue weighted by Crippen LogP contribution is -2.33. The molecule has 0 bridgehead atoms. The third-order valence-corrected chi connectivity index (χ3v) is 27.7. The Morgan fingerprint density at radius 2 is 0.372 bits per heavy atom. The highest BCUT2D eigenvalue weighted by molar-refractivity contribution is 9.11. The van der Waals surface area contributed by atoms with Crippen LogP contribution in [0.4, 0.5) is 0 Å². The van der Waals surface area contributed by atoms with Crippen LogP contribution < -0.4 is 81.6 Å². The van der Waals surface area contributed by atoms with Crippen molar-refractivity contribution < 1.29 is 156 Å². The molecule has 0 aromatic heterocycles. The molecule has 0 spiro atoms. The van der Waals surface area contributed by atoms with Gasteiger partial charge in [-0.3, -0.25) is 0 Å². The maximum atomic E-state index is 10.0. The van der Waals surface area contributed by atoms with E-state index in [-0.39, 0.29) is 102 Å². The van der Waals surface area contributed by atoms with Crippen molar-refractivity contribution in [1.29, 1.82) is 0 Å². The topological polar surface area (TPSA) is 471 Å². The summed E-state index contributed by atoms with van der Waals surface area (Å²) in [4.78, 5) is 0. The molecule has 16 N–H and O–H groups in total. The molecule has 0 radical (unpaired) electrons. The second-order valence-corrected chi connectivity index (χ2v) is 44.2. The summed E-state index contributed by atoms with van der Waals surface area (Å²) >= 11 is 38.6. The molecule has 148 heavy (non-hydrogen) atoms. The van der Waals surface area contributed by atoms with Crippen molar-refractivity contribution in [3.05, 3.63) is 180 Å². The molecule has 16 rings (SSSR count). The number of halogens is 8. The first-order chi connectivity index (χ1) is 69.5. The predicted octanol–water partition coefficient (Wildman–Crippen LogP) is 12.1. The summed E-state index contributed by atoms with van der Waals surface area (Å²) in [5, 5.41) is 158. The van der Waals surface area contributed by atoms with Crippen LogP contribution in [0, 0.1) is 0 Å². The monoisotopic (exact) mass is 2390 g/mol. The van der Waals surface area contributed by atoms with Crippen molar-refractivity contribution in [2.75, 3.05) is 52.9 Å². The van der Waals surface area contributed by atoms with Crippen molar-refractivity contribution in [2.45, 2.75) is 285 Å². The van der Waals surface area contributed by atoms with E-state index in [0.29, 0.717) is 110 Å². The van der Waals surface area contributed by atoms with Crippen LogP contribution >= 0.6 is 110 Å². The largest absolute Gasteiger partial charge is 0.495 e. The van der Waals surface area contributed by atoms with Crippen molar-refractivity contribution in [1.82, 2.24) is 0 Å². The Kier molecular flexibility index (Phi) is 48.3. The molecule has 808 valence electrons. The van der Waals surface area contributed by atoms with E-state index in [9.17, 15) is 81.0 Å². The number of benzene rings is 8. The van der Waals surface area contributed by atoms with Crippen LogP contribution in [-0.4, -0.2) is 238 Å². The second-order valence-electron chi connectivity index (χ2n) is 39.1. The third-order valence-electron chi connectivity index (χ3n) is 23.7. The maximum absolute atomic E-state index is 10.0. The van der Waals surface area contributed by atoms with E-state index in [1.54, 1.807) is 156 Å². The number of hydrogen-bond acceptors (Lipinski definition) is 32. The van der Waals surface area contributed by atoms with E-state index in [1.807, 2.05) is 79.7 Å². The molecule has 0 aliphatic carbocycles. The lowest BCUT2D eigenvalue weighted by Gasteiger charge is -2.20. The normalized spacial score (nSPS) is 19.2. The van der Waals surface area contributed by atoms with Gasteiger partial charge in [0.1, 0.15) is 98.9 Å². The van der Waals surface area contributed by atoms with E-state index in [0.717, 1.165) is 114 Å². The number of hydrogen-bond donors (Lipinski definition) is 16. The highest BCUT2D eigenvalue weighted by Crippen LogP contribution is 2.45. The summed E-state index contributed by atoms with van der Waals surface area (Å²) in [6, 6.07) is 28.3. The second kappa shape index (κ2) is 56.6. The van der Waals surface area contributed by atoms with Crippen LogP contribution in [0.1, 0.15) is 283 Å². The lowest BCUT2D eigenvalue weighted by molar-refractivity contribution is 0.0285. The molecule has 0 saturated heterocycles. The predicted molar refractivity (Wildman–Crippen MR) is 592 cm³/mol. The summed E-state index contributed by atoms with van der Waals surface area (Å²) in [5.41, 5.74) is 8.10. The van der Waals surface area contributed by atoms with Crippen molar-refractivity contribution >= 4 is 211 Å². The highest BCUT2D eigenvalue weighted by atomic mass is 79.9. The van der Waals surface area contributed by atoms with Gasteiger partial charge >= 0.3 is 56.9 Å². The average molecular weight is 2400 g/mol. The Balaban J connectivity index is 0.000000188. The molecule has 12 atom stereocenters. The molecule has 8 aromatic carbocycles. The zero-order chi connectivity index (χ0) is 110. The number of aliphatic hydroxyl groups is 8. The van der Waals surface area contributed by atoms with Gasteiger partial charge in [0.2, 0.25) is 0 Å². The minimum atomic E-state index is -1.03. The van der Waals surface area contributed by atoms with Crippen LogP contribution in [0.3, 0.4) is 0 Å². The Morgan fingerprint density at radius 1 is 0.243 bits per heavy atom. The van der Waals surface area contributed by atoms with Gasteiger partial charge in [0.05, 0.1) is 95.7 Å². The first-order valence-corrected chi connectivity index (χ1v) is 54.1. The molecule has 32 nitrogen and oxygen atoms in total. The van der Waals surface area contributed by atoms with Crippen LogP contribution in [-0.2, 0) is 37.2 Å². The van der Waals surface area contributed by atoms with Gasteiger partial charge in [-0.2, -0.15) is 0 Å². The van der Waals surface area contributed by atoms with Crippen LogP contribution in [0.2, 0.25) is 20.1 Å². The van der Waals surface area contributed by atoms with Crippen molar-refractivity contribution in [2.24, 2.45) is 0 Å². The van der Waals surface area contributed by atoms with Gasteiger partial charge in [-0.05, 0) is 254 Å². The smallest absolute Gasteiger partial charge is 0.491 e. The third kappa shape index (κ3) is 33.5. The van der Waals surface area contributed by atoms with Gasteiger partial charge < -0.3 is 156 Å². The van der Waals surface area contributed by atoms with E-state index in [1.165, 1.54) is 0 Å². The summed E-state index contributed by atoms with van der Waals surface area (Å²) in [5.74, 6) is 4.29. The fourth-order valence-corrected chi connectivity index (χ4v) is 20.5. The van der Waals surface area contributed by atoms with Gasteiger partial charge in [-0.15, -0.1) is 0 Å². The molecular formula is C100H136B8Br4Cl4O32. The zero-order valence-corrected chi connectivity index (χ0v) is 96.2. The summed E-state index contributed by atoms with van der Waals surface area (Å²) in [7, 11) is -7.99. The first kappa shape index (κ1) is 126. The average Bonchev–Trinajstić information content (AvgIpc) is 1.64. The zero-order valence-electron chi connectivity index (χ0n) is 86.8. The summed E-state index contributed by atoms with van der Waals surface area (Å²) in [6.07, 6.45) is 2.38. The Morgan fingerprint density at radius 3 is 0.507 bits per heavy atom. The summed E-state index contributed by atoms with van der Waals surface area (Å²) < 4.78 is 91.8. The molecule has 8 unspecified atom stereocenters. The number of aliphatic hydroxyl groups excluding tert-OH is 4. The quantitative estimate of drug-likeness (QED) is 0.0174. The minimum Gasteiger partial charge on any atom is -0.491 e. The van der Waals surface area contributed by atoms with Gasteiger partial charge in [0, 0.05) is 104 Å². The summed E-state index contributed by atoms with van der Waals surface area (Å²) in [6.45, 7) is 37.1. The molecule has 48 heteroatoms. The van der Waals surface area contributed by atoms with Crippen LogP contribution in [0.5, 0.6) is 46.0 Å². The van der Waals surface area contributed by atoms with Crippen LogP contribution in [0.15, 0.2) is 115 Å². The molecule has 0 fully saturated rings. The number of ether oxygens (including phenoxy) is 8. The first-order valence-electron chi connectivity index (χ1n) is 49.4. The van der Waals surface area contributed by atoms with E-state index in [2.05, 4.69) is 63.7 Å². The molecule has 8 heterocycles. The molecule has 8 aliphatic rings. The minimum absolute atomic E-state index is 0.125. The molecule has 0 amide bonds. The Bertz CT molecular complexity index is 5000. The SMILES string of the molecule is CCC1OB(O)c2c(OCC(C)(C)O)ccc(Br)c21.CCC1OB(O)c2c(OCC(C)(C)O)ccc(Cl)c21.CCC1OB(O)c2c(OCC(C)O)ccc(Br)c21.CCC1OB(O)c2c(OCC(C)O)ccc(Cl)c21.CC[C@H]1OB(O)c2c(OCC(C)(C)O)ccc(Br)c21.CC[C@H]1OB(O)c2c(OCC(C)(C)O)ccc(Cl)c21.CC[C@H]1OB(O)c2c(OCC(C)O)ccc(Br)c21.CC[C@H]1OB(O)c2c(OCC(C)O)ccc(Cl)c21. The Hall–Kier alpha value is -5.20. The van der Waals surface area contributed by atoms with E-state index < -0.39 is 104 Å².